The van der Waals surface area contributed by atoms with Gasteiger partial charge in [0, 0.05) is 6.61 Å². The Labute approximate surface area is 123 Å². The van der Waals surface area contributed by atoms with Crippen LogP contribution in [0.1, 0.15) is 45.1 Å². The fraction of sp³-hybridized carbons (Fsp3) is 0.647. The molecule has 0 aliphatic heterocycles. The molecule has 0 fully saturated rings. The lowest BCUT2D eigenvalue weighted by Gasteiger charge is -2.33. The lowest BCUT2D eigenvalue weighted by atomic mass is 9.91. The molecule has 3 heteroatoms. The van der Waals surface area contributed by atoms with E-state index in [1.165, 1.54) is 12.8 Å². The number of unbranched alkanes of at least 4 members (excludes halogenated alkanes) is 2. The van der Waals surface area contributed by atoms with Gasteiger partial charge in [0.1, 0.15) is 0 Å². The predicted molar refractivity (Wildman–Crippen MR) is 83.8 cm³/mol. The molecule has 0 radical (unpaired) electrons. The Morgan fingerprint density at radius 3 is 2.45 bits per heavy atom. The van der Waals surface area contributed by atoms with Gasteiger partial charge in [-0.1, -0.05) is 57.0 Å². The SMILES string of the molecule is CCCCCOCC(CO)(NCCC)c1ccccc1. The summed E-state index contributed by atoms with van der Waals surface area (Å²) < 4.78 is 5.82. The second-order valence-electron chi connectivity index (χ2n) is 5.29. The van der Waals surface area contributed by atoms with Gasteiger partial charge in [-0.3, -0.25) is 0 Å². The smallest absolute Gasteiger partial charge is 0.0905 e. The Kier molecular flexibility index (Phi) is 8.51. The minimum atomic E-state index is -0.483. The third kappa shape index (κ3) is 5.23. The van der Waals surface area contributed by atoms with Gasteiger partial charge in [-0.25, -0.2) is 0 Å². The number of rotatable bonds is 11. The topological polar surface area (TPSA) is 41.5 Å². The van der Waals surface area contributed by atoms with Gasteiger partial charge >= 0.3 is 0 Å². The van der Waals surface area contributed by atoms with E-state index in [0.29, 0.717) is 6.61 Å². The highest BCUT2D eigenvalue weighted by molar-refractivity contribution is 5.25. The Bertz CT molecular complexity index is 342. The zero-order valence-electron chi connectivity index (χ0n) is 12.9. The quantitative estimate of drug-likeness (QED) is 0.612. The summed E-state index contributed by atoms with van der Waals surface area (Å²) in [6, 6.07) is 10.1. The zero-order chi connectivity index (χ0) is 14.7. The summed E-state index contributed by atoms with van der Waals surface area (Å²) in [7, 11) is 0. The molecule has 0 bridgehead atoms. The molecule has 114 valence electrons. The Morgan fingerprint density at radius 1 is 1.10 bits per heavy atom. The normalized spacial score (nSPS) is 14.2. The second kappa shape index (κ2) is 9.92. The van der Waals surface area contributed by atoms with Gasteiger partial charge in [0.15, 0.2) is 0 Å². The molecular formula is C17H29NO2. The highest BCUT2D eigenvalue weighted by Gasteiger charge is 2.31. The molecule has 0 saturated heterocycles. The van der Waals surface area contributed by atoms with Crippen molar-refractivity contribution in [1.82, 2.24) is 5.32 Å². The summed E-state index contributed by atoms with van der Waals surface area (Å²) in [5.41, 5.74) is 0.607. The van der Waals surface area contributed by atoms with Crippen LogP contribution in [-0.4, -0.2) is 31.5 Å². The first-order valence-electron chi connectivity index (χ1n) is 7.78. The van der Waals surface area contributed by atoms with Crippen molar-refractivity contribution >= 4 is 0 Å². The van der Waals surface area contributed by atoms with Crippen molar-refractivity contribution in [3.63, 3.8) is 0 Å². The van der Waals surface area contributed by atoms with Crippen LogP contribution in [0.15, 0.2) is 30.3 Å². The van der Waals surface area contributed by atoms with E-state index in [0.717, 1.165) is 31.6 Å². The van der Waals surface area contributed by atoms with E-state index in [1.807, 2.05) is 30.3 Å². The van der Waals surface area contributed by atoms with Crippen LogP contribution in [0.2, 0.25) is 0 Å². The number of ether oxygens (including phenoxy) is 1. The Morgan fingerprint density at radius 2 is 1.85 bits per heavy atom. The fourth-order valence-corrected chi connectivity index (χ4v) is 2.25. The molecule has 3 nitrogen and oxygen atoms in total. The van der Waals surface area contributed by atoms with Crippen molar-refractivity contribution in [2.75, 3.05) is 26.4 Å². The lowest BCUT2D eigenvalue weighted by Crippen LogP contribution is -2.49. The first-order valence-corrected chi connectivity index (χ1v) is 7.78. The van der Waals surface area contributed by atoms with Gasteiger partial charge in [0.25, 0.3) is 0 Å². The molecule has 0 aliphatic rings. The van der Waals surface area contributed by atoms with Crippen LogP contribution in [0.25, 0.3) is 0 Å². The van der Waals surface area contributed by atoms with Crippen LogP contribution in [0.4, 0.5) is 0 Å². The molecule has 0 amide bonds. The van der Waals surface area contributed by atoms with Crippen LogP contribution in [0.5, 0.6) is 0 Å². The van der Waals surface area contributed by atoms with E-state index in [2.05, 4.69) is 19.2 Å². The third-order valence-corrected chi connectivity index (χ3v) is 3.55. The van der Waals surface area contributed by atoms with E-state index in [-0.39, 0.29) is 6.61 Å². The minimum Gasteiger partial charge on any atom is -0.394 e. The molecule has 0 heterocycles. The molecular weight excluding hydrogens is 250 g/mol. The van der Waals surface area contributed by atoms with Crippen LogP contribution < -0.4 is 5.32 Å². The third-order valence-electron chi connectivity index (χ3n) is 3.55. The monoisotopic (exact) mass is 279 g/mol. The van der Waals surface area contributed by atoms with Crippen LogP contribution in [-0.2, 0) is 10.3 Å². The van der Waals surface area contributed by atoms with Crippen molar-refractivity contribution in [3.05, 3.63) is 35.9 Å². The van der Waals surface area contributed by atoms with Gasteiger partial charge in [0.2, 0.25) is 0 Å². The molecule has 1 unspecified atom stereocenters. The number of aliphatic hydroxyl groups excluding tert-OH is 1. The van der Waals surface area contributed by atoms with E-state index >= 15 is 0 Å². The number of hydrogen-bond donors (Lipinski definition) is 2. The zero-order valence-corrected chi connectivity index (χ0v) is 12.9. The predicted octanol–water partition coefficient (Wildman–Crippen LogP) is 3.08. The molecule has 1 atom stereocenters. The van der Waals surface area contributed by atoms with Crippen molar-refractivity contribution in [2.24, 2.45) is 0 Å². The average Bonchev–Trinajstić information content (AvgIpc) is 2.51. The summed E-state index contributed by atoms with van der Waals surface area (Å²) in [6.07, 6.45) is 4.51. The van der Waals surface area contributed by atoms with Gasteiger partial charge in [0.05, 0.1) is 18.8 Å². The molecule has 1 aromatic rings. The highest BCUT2D eigenvalue weighted by Crippen LogP contribution is 2.21. The molecule has 1 rings (SSSR count). The summed E-state index contributed by atoms with van der Waals surface area (Å²) in [6.45, 7) is 6.50. The van der Waals surface area contributed by atoms with Crippen molar-refractivity contribution in [1.29, 1.82) is 0 Å². The largest absolute Gasteiger partial charge is 0.394 e. The maximum absolute atomic E-state index is 9.92. The maximum Gasteiger partial charge on any atom is 0.0905 e. The summed E-state index contributed by atoms with van der Waals surface area (Å²) in [5, 5.41) is 13.4. The number of benzene rings is 1. The molecule has 0 aliphatic carbocycles. The first kappa shape index (κ1) is 17.2. The molecule has 0 spiro atoms. The number of aliphatic hydroxyl groups is 1. The first-order chi connectivity index (χ1) is 9.79. The second-order valence-corrected chi connectivity index (χ2v) is 5.29. The molecule has 2 N–H and O–H groups in total. The van der Waals surface area contributed by atoms with Crippen molar-refractivity contribution < 1.29 is 9.84 Å². The number of hydrogen-bond acceptors (Lipinski definition) is 3. The van der Waals surface area contributed by atoms with Crippen LogP contribution in [0, 0.1) is 0 Å². The Hall–Kier alpha value is -0.900. The van der Waals surface area contributed by atoms with Crippen molar-refractivity contribution in [2.45, 2.75) is 45.1 Å². The van der Waals surface area contributed by atoms with Gasteiger partial charge < -0.3 is 15.2 Å². The maximum atomic E-state index is 9.92. The van der Waals surface area contributed by atoms with Crippen LogP contribution >= 0.6 is 0 Å². The van der Waals surface area contributed by atoms with Crippen molar-refractivity contribution in [3.8, 4) is 0 Å². The average molecular weight is 279 g/mol. The minimum absolute atomic E-state index is 0.0464. The lowest BCUT2D eigenvalue weighted by molar-refractivity contribution is 0.0320. The molecule has 0 saturated carbocycles. The van der Waals surface area contributed by atoms with E-state index in [1.54, 1.807) is 0 Å². The van der Waals surface area contributed by atoms with Gasteiger partial charge in [-0.2, -0.15) is 0 Å². The standard InChI is InChI=1S/C17H29NO2/c1-3-5-9-13-20-15-17(14-19,18-12-4-2)16-10-7-6-8-11-16/h6-8,10-11,18-19H,3-5,9,12-15H2,1-2H3. The summed E-state index contributed by atoms with van der Waals surface area (Å²) in [4.78, 5) is 0. The van der Waals surface area contributed by atoms with Gasteiger partial charge in [-0.15, -0.1) is 0 Å². The number of nitrogens with one attached hydrogen (secondary N) is 1. The Balaban J connectivity index is 2.67. The molecule has 1 aromatic carbocycles. The summed E-state index contributed by atoms with van der Waals surface area (Å²) >= 11 is 0. The summed E-state index contributed by atoms with van der Waals surface area (Å²) in [5.74, 6) is 0. The van der Waals surface area contributed by atoms with E-state index in [9.17, 15) is 5.11 Å². The highest BCUT2D eigenvalue weighted by atomic mass is 16.5. The molecule has 0 aromatic heterocycles. The molecule has 20 heavy (non-hydrogen) atoms. The van der Waals surface area contributed by atoms with E-state index in [4.69, 9.17) is 4.74 Å². The fourth-order valence-electron chi connectivity index (χ4n) is 2.25. The van der Waals surface area contributed by atoms with E-state index < -0.39 is 5.54 Å². The van der Waals surface area contributed by atoms with Gasteiger partial charge in [-0.05, 0) is 24.9 Å². The van der Waals surface area contributed by atoms with Crippen LogP contribution in [0.3, 0.4) is 0 Å².